The first-order valence-electron chi connectivity index (χ1n) is 6.56. The fourth-order valence-electron chi connectivity index (χ4n) is 2.09. The molecule has 0 aromatic carbocycles. The van der Waals surface area contributed by atoms with Crippen LogP contribution < -0.4 is 16.0 Å². The monoisotopic (exact) mass is 264 g/mol. The molecule has 2 heterocycles. The summed E-state index contributed by atoms with van der Waals surface area (Å²) in [6.45, 7) is 4.25. The largest absolute Gasteiger partial charge is 0.396 e. The zero-order chi connectivity index (χ0) is 13.7. The Labute approximate surface area is 112 Å². The van der Waals surface area contributed by atoms with Gasteiger partial charge < -0.3 is 20.7 Å². The second-order valence-electron chi connectivity index (χ2n) is 4.49. The van der Waals surface area contributed by atoms with Gasteiger partial charge in [0.25, 0.3) is 0 Å². The molecule has 1 amide bonds. The molecule has 1 aromatic rings. The minimum atomic E-state index is -0.363. The van der Waals surface area contributed by atoms with E-state index in [1.165, 1.54) is 0 Å². The van der Waals surface area contributed by atoms with Crippen molar-refractivity contribution in [2.45, 2.75) is 19.4 Å². The molecular formula is C13H20N4O2. The molecule has 0 radical (unpaired) electrons. The van der Waals surface area contributed by atoms with E-state index in [0.717, 1.165) is 6.42 Å². The topological polar surface area (TPSA) is 80.5 Å². The number of carbonyl (C=O) groups excluding carboxylic acids is 1. The first-order chi connectivity index (χ1) is 9.24. The molecule has 1 aromatic heterocycles. The predicted octanol–water partition coefficient (Wildman–Crippen LogP) is 0.395. The van der Waals surface area contributed by atoms with E-state index in [0.29, 0.717) is 37.8 Å². The number of ether oxygens (including phenoxy) is 1. The zero-order valence-electron chi connectivity index (χ0n) is 11.1. The standard InChI is InChI=1S/C13H20N4O2/c1-2-5-16-13(18)11-9-19-8-7-17(11)12-10(14)4-3-6-15-12/h3-4,6,11H,2,5,7-9,14H2,1H3,(H,16,18). The van der Waals surface area contributed by atoms with Gasteiger partial charge in [-0.05, 0) is 18.6 Å². The molecule has 1 unspecified atom stereocenters. The lowest BCUT2D eigenvalue weighted by Gasteiger charge is -2.35. The summed E-state index contributed by atoms with van der Waals surface area (Å²) in [5.74, 6) is 0.619. The molecule has 1 atom stereocenters. The number of carbonyl (C=O) groups is 1. The van der Waals surface area contributed by atoms with Crippen LogP contribution in [0.3, 0.4) is 0 Å². The van der Waals surface area contributed by atoms with Gasteiger partial charge in [0, 0.05) is 19.3 Å². The molecule has 3 N–H and O–H groups in total. The molecule has 0 aliphatic carbocycles. The van der Waals surface area contributed by atoms with E-state index < -0.39 is 0 Å². The zero-order valence-corrected chi connectivity index (χ0v) is 11.1. The number of hydrogen-bond acceptors (Lipinski definition) is 5. The van der Waals surface area contributed by atoms with Crippen molar-refractivity contribution < 1.29 is 9.53 Å². The molecule has 6 heteroatoms. The van der Waals surface area contributed by atoms with E-state index in [1.807, 2.05) is 11.8 Å². The van der Waals surface area contributed by atoms with Gasteiger partial charge in [-0.15, -0.1) is 0 Å². The van der Waals surface area contributed by atoms with E-state index in [2.05, 4.69) is 10.3 Å². The molecule has 0 bridgehead atoms. The van der Waals surface area contributed by atoms with Crippen LogP contribution in [-0.2, 0) is 9.53 Å². The smallest absolute Gasteiger partial charge is 0.245 e. The molecule has 1 aliphatic rings. The summed E-state index contributed by atoms with van der Waals surface area (Å²) in [5.41, 5.74) is 6.52. The van der Waals surface area contributed by atoms with E-state index in [9.17, 15) is 4.79 Å². The van der Waals surface area contributed by atoms with Crippen LogP contribution in [0.5, 0.6) is 0 Å². The van der Waals surface area contributed by atoms with Gasteiger partial charge in [0.15, 0.2) is 5.82 Å². The Morgan fingerprint density at radius 3 is 3.26 bits per heavy atom. The van der Waals surface area contributed by atoms with Crippen LogP contribution in [0.4, 0.5) is 11.5 Å². The van der Waals surface area contributed by atoms with Crippen molar-refractivity contribution in [3.05, 3.63) is 18.3 Å². The van der Waals surface area contributed by atoms with Gasteiger partial charge in [-0.3, -0.25) is 4.79 Å². The SMILES string of the molecule is CCCNC(=O)C1COCCN1c1ncccc1N. The summed E-state index contributed by atoms with van der Waals surface area (Å²) in [7, 11) is 0. The number of nitrogen functional groups attached to an aromatic ring is 1. The minimum Gasteiger partial charge on any atom is -0.396 e. The van der Waals surface area contributed by atoms with Crippen LogP contribution in [0.1, 0.15) is 13.3 Å². The molecule has 2 rings (SSSR count). The minimum absolute atomic E-state index is 0.0356. The first kappa shape index (κ1) is 13.6. The lowest BCUT2D eigenvalue weighted by Crippen LogP contribution is -2.54. The van der Waals surface area contributed by atoms with Crippen molar-refractivity contribution in [1.29, 1.82) is 0 Å². The Balaban J connectivity index is 2.16. The summed E-state index contributed by atoms with van der Waals surface area (Å²) in [6, 6.07) is 3.21. The van der Waals surface area contributed by atoms with Crippen LogP contribution >= 0.6 is 0 Å². The fourth-order valence-corrected chi connectivity index (χ4v) is 2.09. The van der Waals surface area contributed by atoms with Crippen LogP contribution in [0.2, 0.25) is 0 Å². The molecule has 1 saturated heterocycles. The number of pyridine rings is 1. The number of hydrogen-bond donors (Lipinski definition) is 2. The number of amides is 1. The molecule has 19 heavy (non-hydrogen) atoms. The Morgan fingerprint density at radius 1 is 1.68 bits per heavy atom. The fraction of sp³-hybridized carbons (Fsp3) is 0.538. The van der Waals surface area contributed by atoms with Crippen molar-refractivity contribution in [3.63, 3.8) is 0 Å². The average molecular weight is 264 g/mol. The lowest BCUT2D eigenvalue weighted by molar-refractivity contribution is -0.124. The van der Waals surface area contributed by atoms with Crippen molar-refractivity contribution in [2.24, 2.45) is 0 Å². The van der Waals surface area contributed by atoms with Crippen LogP contribution in [0.15, 0.2) is 18.3 Å². The van der Waals surface area contributed by atoms with Crippen LogP contribution in [-0.4, -0.2) is 43.2 Å². The van der Waals surface area contributed by atoms with Gasteiger partial charge in [-0.1, -0.05) is 6.92 Å². The van der Waals surface area contributed by atoms with Gasteiger partial charge in [-0.2, -0.15) is 0 Å². The molecule has 104 valence electrons. The number of nitrogens with two attached hydrogens (primary N) is 1. The summed E-state index contributed by atoms with van der Waals surface area (Å²) < 4.78 is 5.40. The molecule has 1 fully saturated rings. The number of aromatic nitrogens is 1. The van der Waals surface area contributed by atoms with Crippen LogP contribution in [0.25, 0.3) is 0 Å². The maximum Gasteiger partial charge on any atom is 0.245 e. The molecule has 6 nitrogen and oxygen atoms in total. The van der Waals surface area contributed by atoms with Crippen molar-refractivity contribution in [2.75, 3.05) is 36.9 Å². The Bertz CT molecular complexity index is 438. The molecule has 1 aliphatic heterocycles. The van der Waals surface area contributed by atoms with Crippen molar-refractivity contribution >= 4 is 17.4 Å². The summed E-state index contributed by atoms with van der Waals surface area (Å²) in [5, 5.41) is 2.89. The van der Waals surface area contributed by atoms with Crippen molar-refractivity contribution in [1.82, 2.24) is 10.3 Å². The summed E-state index contributed by atoms with van der Waals surface area (Å²) in [6.07, 6.45) is 2.59. The van der Waals surface area contributed by atoms with E-state index in [-0.39, 0.29) is 11.9 Å². The number of morpholine rings is 1. The van der Waals surface area contributed by atoms with Gasteiger partial charge in [0.2, 0.25) is 5.91 Å². The maximum atomic E-state index is 12.2. The predicted molar refractivity (Wildman–Crippen MR) is 73.9 cm³/mol. The van der Waals surface area contributed by atoms with Crippen LogP contribution in [0, 0.1) is 0 Å². The van der Waals surface area contributed by atoms with E-state index in [4.69, 9.17) is 10.5 Å². The van der Waals surface area contributed by atoms with Crippen molar-refractivity contribution in [3.8, 4) is 0 Å². The number of rotatable bonds is 4. The Hall–Kier alpha value is -1.82. The quantitative estimate of drug-likeness (QED) is 0.822. The third-order valence-corrected chi connectivity index (χ3v) is 3.07. The van der Waals surface area contributed by atoms with E-state index >= 15 is 0 Å². The number of anilines is 2. The summed E-state index contributed by atoms with van der Waals surface area (Å²) >= 11 is 0. The number of nitrogens with zero attached hydrogens (tertiary/aromatic N) is 2. The highest BCUT2D eigenvalue weighted by atomic mass is 16.5. The second kappa shape index (κ2) is 6.38. The maximum absolute atomic E-state index is 12.2. The van der Waals surface area contributed by atoms with E-state index in [1.54, 1.807) is 18.3 Å². The highest BCUT2D eigenvalue weighted by molar-refractivity contribution is 5.86. The molecule has 0 saturated carbocycles. The first-order valence-corrected chi connectivity index (χ1v) is 6.56. The van der Waals surface area contributed by atoms with Gasteiger partial charge in [0.1, 0.15) is 6.04 Å². The summed E-state index contributed by atoms with van der Waals surface area (Å²) in [4.78, 5) is 18.4. The van der Waals surface area contributed by atoms with Gasteiger partial charge in [0.05, 0.1) is 18.9 Å². The lowest BCUT2D eigenvalue weighted by atomic mass is 10.2. The van der Waals surface area contributed by atoms with Gasteiger partial charge in [-0.25, -0.2) is 4.98 Å². The molecular weight excluding hydrogens is 244 g/mol. The normalized spacial score (nSPS) is 19.2. The third kappa shape index (κ3) is 3.14. The third-order valence-electron chi connectivity index (χ3n) is 3.07. The highest BCUT2D eigenvalue weighted by Gasteiger charge is 2.31. The highest BCUT2D eigenvalue weighted by Crippen LogP contribution is 2.23. The molecule has 0 spiro atoms. The number of nitrogens with one attached hydrogen (secondary N) is 1. The Morgan fingerprint density at radius 2 is 2.53 bits per heavy atom. The average Bonchev–Trinajstić information content (AvgIpc) is 2.45. The second-order valence-corrected chi connectivity index (χ2v) is 4.49. The van der Waals surface area contributed by atoms with Gasteiger partial charge >= 0.3 is 0 Å². The Kier molecular flexibility index (Phi) is 4.57.